The second kappa shape index (κ2) is 26.9. The van der Waals surface area contributed by atoms with E-state index in [1.165, 1.54) is 169 Å². The van der Waals surface area contributed by atoms with Gasteiger partial charge in [-0.15, -0.1) is 12.4 Å². The molecule has 2 aromatic rings. The second-order valence-corrected chi connectivity index (χ2v) is 15.6. The molecule has 0 saturated carbocycles. The number of rotatable bonds is 14. The lowest BCUT2D eigenvalue weighted by Crippen LogP contribution is -2.28. The van der Waals surface area contributed by atoms with Crippen LogP contribution in [0.25, 0.3) is 0 Å². The summed E-state index contributed by atoms with van der Waals surface area (Å²) in [6, 6.07) is 9.64. The van der Waals surface area contributed by atoms with E-state index in [0.717, 1.165) is 37.0 Å². The predicted octanol–water partition coefficient (Wildman–Crippen LogP) is 7.25. The average molecular weight is 755 g/mol. The molecule has 0 spiro atoms. The van der Waals surface area contributed by atoms with Crippen LogP contribution in [0, 0.1) is 17.8 Å². The number of halogens is 1. The molecule has 0 aromatic carbocycles. The second-order valence-electron chi connectivity index (χ2n) is 15.6. The van der Waals surface area contributed by atoms with Crippen molar-refractivity contribution in [3.05, 3.63) is 58.2 Å². The number of aromatic nitrogens is 2. The van der Waals surface area contributed by atoms with Crippen molar-refractivity contribution in [2.75, 3.05) is 39.3 Å². The molecule has 4 heterocycles. The Morgan fingerprint density at radius 3 is 1.57 bits per heavy atom. The fourth-order valence-electron chi connectivity index (χ4n) is 8.10. The van der Waals surface area contributed by atoms with E-state index in [4.69, 9.17) is 34.9 Å². The molecule has 2 N–H and O–H groups in total. The van der Waals surface area contributed by atoms with Crippen LogP contribution in [0.1, 0.15) is 132 Å². The molecule has 4 aliphatic rings. The standard InChI is InChI=1S/C21H34N2.C20H33N3.2CO2.ClH/c1-3-17(2)12-14-23-15-13-18(16-23)8-10-20-11-9-19-6-4-5-7-21(19)22-20;1-2-18(21)12-14-23-13-11-16(15-23)7-9-19-10-8-17-5-3-4-6-20(17)22-19;2*2-1-3;/h9,11,17-18H,3-8,10,12-16H2,1-2H3;8,10,16,18H,2-7,9,11-15,21H2,1H3;;;1H/t17-,18-;16-,18-;;;/m11.../s1. The molecule has 0 amide bonds. The summed E-state index contributed by atoms with van der Waals surface area (Å²) in [6.45, 7) is 14.5. The first-order valence-electron chi connectivity index (χ1n) is 20.5. The maximum absolute atomic E-state index is 8.12. The van der Waals surface area contributed by atoms with Crippen LogP contribution in [0.3, 0.4) is 0 Å². The maximum Gasteiger partial charge on any atom is 0.373 e. The van der Waals surface area contributed by atoms with Gasteiger partial charge in [-0.2, -0.15) is 19.2 Å². The summed E-state index contributed by atoms with van der Waals surface area (Å²) in [6.07, 6.45) is 23.4. The van der Waals surface area contributed by atoms with E-state index >= 15 is 0 Å². The summed E-state index contributed by atoms with van der Waals surface area (Å²) in [4.78, 5) is 47.7. The van der Waals surface area contributed by atoms with E-state index in [9.17, 15) is 0 Å². The summed E-state index contributed by atoms with van der Waals surface area (Å²) >= 11 is 0. The molecule has 0 radical (unpaired) electrons. The highest BCUT2D eigenvalue weighted by Gasteiger charge is 2.24. The highest BCUT2D eigenvalue weighted by molar-refractivity contribution is 5.85. The van der Waals surface area contributed by atoms with Gasteiger partial charge in [0, 0.05) is 41.9 Å². The van der Waals surface area contributed by atoms with E-state index in [-0.39, 0.29) is 24.7 Å². The van der Waals surface area contributed by atoms with Crippen molar-refractivity contribution in [2.45, 2.75) is 142 Å². The van der Waals surface area contributed by atoms with Gasteiger partial charge in [-0.05, 0) is 176 Å². The summed E-state index contributed by atoms with van der Waals surface area (Å²) < 4.78 is 0. The monoisotopic (exact) mass is 753 g/mol. The molecule has 296 valence electrons. The largest absolute Gasteiger partial charge is 0.373 e. The number of likely N-dealkylation sites (tertiary alicyclic amines) is 2. The maximum atomic E-state index is 8.12. The number of carbonyl (C=O) groups excluding carboxylic acids is 4. The third-order valence-electron chi connectivity index (χ3n) is 11.8. The molecule has 4 atom stereocenters. The van der Waals surface area contributed by atoms with E-state index < -0.39 is 0 Å². The fraction of sp³-hybridized carbons (Fsp3) is 0.721. The highest BCUT2D eigenvalue weighted by Crippen LogP contribution is 2.26. The van der Waals surface area contributed by atoms with Gasteiger partial charge < -0.3 is 15.5 Å². The molecule has 2 aliphatic carbocycles. The van der Waals surface area contributed by atoms with E-state index in [1.54, 1.807) is 0 Å². The van der Waals surface area contributed by atoms with Crippen LogP contribution in [-0.4, -0.2) is 77.4 Å². The lowest BCUT2D eigenvalue weighted by molar-refractivity contribution is -0.193. The van der Waals surface area contributed by atoms with Crippen molar-refractivity contribution in [3.8, 4) is 0 Å². The first-order valence-corrected chi connectivity index (χ1v) is 20.5. The first-order chi connectivity index (χ1) is 25.3. The molecule has 2 aromatic heterocycles. The number of hydrogen-bond acceptors (Lipinski definition) is 9. The lowest BCUT2D eigenvalue weighted by Gasteiger charge is -2.18. The zero-order valence-corrected chi connectivity index (χ0v) is 33.8. The van der Waals surface area contributed by atoms with Crippen LogP contribution in [0.2, 0.25) is 0 Å². The smallest absolute Gasteiger partial charge is 0.328 e. The van der Waals surface area contributed by atoms with Gasteiger partial charge in [-0.3, -0.25) is 9.97 Å². The lowest BCUT2D eigenvalue weighted by atomic mass is 9.95. The van der Waals surface area contributed by atoms with Crippen LogP contribution < -0.4 is 5.73 Å². The highest BCUT2D eigenvalue weighted by atomic mass is 35.5. The van der Waals surface area contributed by atoms with Gasteiger partial charge in [0.15, 0.2) is 0 Å². The molecule has 6 rings (SSSR count). The molecule has 2 saturated heterocycles. The molecule has 53 heavy (non-hydrogen) atoms. The topological polar surface area (TPSA) is 127 Å². The Balaban J connectivity index is 0.000000314. The normalized spacial score (nSPS) is 20.2. The van der Waals surface area contributed by atoms with Gasteiger partial charge >= 0.3 is 12.3 Å². The van der Waals surface area contributed by atoms with Crippen LogP contribution in [0.15, 0.2) is 24.3 Å². The number of aryl methyl sites for hydroxylation is 6. The first kappa shape index (κ1) is 46.4. The van der Waals surface area contributed by atoms with Crippen LogP contribution in [-0.2, 0) is 57.7 Å². The van der Waals surface area contributed by atoms with Crippen molar-refractivity contribution < 1.29 is 19.2 Å². The Kier molecular flexibility index (Phi) is 23.6. The van der Waals surface area contributed by atoms with Gasteiger partial charge in [0.05, 0.1) is 0 Å². The average Bonchev–Trinajstić information content (AvgIpc) is 3.84. The Morgan fingerprint density at radius 2 is 1.13 bits per heavy atom. The minimum atomic E-state index is 0. The Labute approximate surface area is 326 Å². The third kappa shape index (κ3) is 17.5. The van der Waals surface area contributed by atoms with Crippen molar-refractivity contribution in [1.82, 2.24) is 19.8 Å². The van der Waals surface area contributed by atoms with E-state index in [2.05, 4.69) is 54.8 Å². The van der Waals surface area contributed by atoms with E-state index in [0.29, 0.717) is 6.04 Å². The fourth-order valence-corrected chi connectivity index (χ4v) is 8.10. The molecule has 0 bridgehead atoms. The number of hydrogen-bond donors (Lipinski definition) is 1. The van der Waals surface area contributed by atoms with Gasteiger partial charge in [-0.25, -0.2) is 0 Å². The number of pyridine rings is 2. The third-order valence-corrected chi connectivity index (χ3v) is 11.8. The molecule has 9 nitrogen and oxygen atoms in total. The molecule has 10 heteroatoms. The van der Waals surface area contributed by atoms with Crippen LogP contribution >= 0.6 is 12.4 Å². The number of nitrogens with zero attached hydrogens (tertiary/aromatic N) is 4. The molecular formula is C43H68ClN5O4. The van der Waals surface area contributed by atoms with Gasteiger partial charge in [0.1, 0.15) is 0 Å². The molecule has 2 fully saturated rings. The van der Waals surface area contributed by atoms with Gasteiger partial charge in [0.25, 0.3) is 0 Å². The summed E-state index contributed by atoms with van der Waals surface area (Å²) in [5, 5.41) is 0. The molecular weight excluding hydrogens is 686 g/mol. The van der Waals surface area contributed by atoms with Crippen molar-refractivity contribution in [3.63, 3.8) is 0 Å². The Bertz CT molecular complexity index is 1280. The number of fused-ring (bicyclic) bond motifs is 2. The van der Waals surface area contributed by atoms with Crippen molar-refractivity contribution in [1.29, 1.82) is 0 Å². The summed E-state index contributed by atoms with van der Waals surface area (Å²) in [7, 11) is 0. The molecule has 2 aliphatic heterocycles. The van der Waals surface area contributed by atoms with Crippen LogP contribution in [0.4, 0.5) is 0 Å². The summed E-state index contributed by atoms with van der Waals surface area (Å²) in [5.41, 5.74) is 14.5. The van der Waals surface area contributed by atoms with E-state index in [1.807, 2.05) is 0 Å². The van der Waals surface area contributed by atoms with Crippen LogP contribution in [0.5, 0.6) is 0 Å². The van der Waals surface area contributed by atoms with Gasteiger partial charge in [0.2, 0.25) is 0 Å². The van der Waals surface area contributed by atoms with Crippen molar-refractivity contribution in [2.24, 2.45) is 23.5 Å². The quantitative estimate of drug-likeness (QED) is 0.212. The molecule has 0 unspecified atom stereocenters. The zero-order valence-electron chi connectivity index (χ0n) is 33.0. The zero-order chi connectivity index (χ0) is 37.6. The van der Waals surface area contributed by atoms with Crippen molar-refractivity contribution >= 4 is 24.7 Å². The SMILES string of the molecule is CC[C@@H](C)CCN1CC[C@@H](CCc2ccc3c(n2)CCCC3)C1.CC[C@@H](N)CCN1CC[C@@H](CCc2ccc3c(n2)CCCC3)C1.Cl.O=C=O.O=C=O. The number of nitrogens with two attached hydrogens (primary N) is 1. The Hall–Kier alpha value is -2.77. The summed E-state index contributed by atoms with van der Waals surface area (Å²) in [5.74, 6) is 2.63. The minimum absolute atomic E-state index is 0. The van der Waals surface area contributed by atoms with Gasteiger partial charge in [-0.1, -0.05) is 39.3 Å². The Morgan fingerprint density at radius 1 is 0.698 bits per heavy atom. The minimum Gasteiger partial charge on any atom is -0.328 e. The predicted molar refractivity (Wildman–Crippen MR) is 212 cm³/mol.